The number of para-hydroxylation sites is 4. The average molecular weight is 743 g/mol. The number of carbonyl (C=O) groups is 1. The van der Waals surface area contributed by atoms with E-state index in [9.17, 15) is 31.9 Å². The highest BCUT2D eigenvalue weighted by Gasteiger charge is 2.20. The molecular weight excluding hydrogens is 704 g/mol. The molecule has 0 saturated heterocycles. The van der Waals surface area contributed by atoms with Gasteiger partial charge in [0.25, 0.3) is 0 Å². The van der Waals surface area contributed by atoms with Crippen LogP contribution in [0, 0.1) is 0 Å². The highest BCUT2D eigenvalue weighted by atomic mass is 35.5. The largest absolute Gasteiger partial charge is 0.444 e. The fraction of sp³-hybridized carbons (Fsp3) is 0.270. The average Bonchev–Trinajstić information content (AvgIpc) is 3.53. The zero-order valence-electron chi connectivity index (χ0n) is 28.6. The molecule has 0 radical (unpaired) electrons. The smallest absolute Gasteiger partial charge is 0.407 e. The van der Waals surface area contributed by atoms with E-state index in [1.54, 1.807) is 69.3 Å². The molecule has 1 amide bonds. The second-order valence-electron chi connectivity index (χ2n) is 12.7. The van der Waals surface area contributed by atoms with Crippen LogP contribution >= 0.6 is 12.4 Å². The van der Waals surface area contributed by atoms with Gasteiger partial charge in [0.05, 0.1) is 35.2 Å². The molecule has 10 nitrogen and oxygen atoms in total. The van der Waals surface area contributed by atoms with Gasteiger partial charge in [0.15, 0.2) is 0 Å². The molecule has 0 bridgehead atoms. The van der Waals surface area contributed by atoms with Gasteiger partial charge in [0.1, 0.15) is 5.60 Å². The first kappa shape index (κ1) is 39.4. The number of halogens is 5. The van der Waals surface area contributed by atoms with Crippen LogP contribution in [0.3, 0.4) is 0 Å². The number of alkyl carbamates (subject to hydrolysis) is 1. The number of aromatic nitrogens is 4. The van der Waals surface area contributed by atoms with Crippen LogP contribution in [0.15, 0.2) is 107 Å². The summed E-state index contributed by atoms with van der Waals surface area (Å²) in [5, 5.41) is 2.67. The molecule has 6 rings (SSSR count). The van der Waals surface area contributed by atoms with Gasteiger partial charge in [-0.25, -0.2) is 23.5 Å². The Morgan fingerprint density at radius 2 is 1.02 bits per heavy atom. The molecule has 15 heteroatoms. The number of imidazole rings is 2. The Kier molecular flexibility index (Phi) is 12.7. The number of fused-ring (bicyclic) bond motifs is 2. The first-order valence-electron chi connectivity index (χ1n) is 16.1. The van der Waals surface area contributed by atoms with E-state index in [1.807, 2.05) is 36.4 Å². The Labute approximate surface area is 302 Å². The predicted molar refractivity (Wildman–Crippen MR) is 194 cm³/mol. The van der Waals surface area contributed by atoms with E-state index in [1.165, 1.54) is 21.3 Å². The van der Waals surface area contributed by atoms with Crippen molar-refractivity contribution in [2.75, 3.05) is 0 Å². The van der Waals surface area contributed by atoms with Crippen molar-refractivity contribution in [3.8, 4) is 0 Å². The Hall–Kier alpha value is -5.34. The standard InChI is InChI=1S/C21H23F2N3O3.C16H15F2N3O.ClH/c1-21(2,3)29-19(27)24-12-14-8-10-15(11-9-14)13-25-16-6-4-5-7-17(16)26(18(22)23)20(25)28;17-15(18)21-14-4-2-1-3-13(14)20(16(21)22)10-12-7-5-11(9-19)6-8-12;/h4-11,18H,12-13H2,1-3H3,(H,24,27);1-8,15H,9-10,19H2;1H. The summed E-state index contributed by atoms with van der Waals surface area (Å²) in [6.07, 6.45) is -0.507. The third kappa shape index (κ3) is 9.11. The molecule has 3 N–H and O–H groups in total. The number of amides is 1. The molecule has 0 fully saturated rings. The summed E-state index contributed by atoms with van der Waals surface area (Å²) < 4.78 is 61.8. The second kappa shape index (κ2) is 16.8. The van der Waals surface area contributed by atoms with Crippen molar-refractivity contribution in [2.24, 2.45) is 5.73 Å². The van der Waals surface area contributed by atoms with Gasteiger partial charge in [-0.3, -0.25) is 9.13 Å². The molecule has 52 heavy (non-hydrogen) atoms. The molecular formula is C37H39ClF4N6O4. The quantitative estimate of drug-likeness (QED) is 0.150. The summed E-state index contributed by atoms with van der Waals surface area (Å²) in [5.41, 5.74) is 8.37. The van der Waals surface area contributed by atoms with Crippen molar-refractivity contribution in [3.63, 3.8) is 0 Å². The number of rotatable bonds is 9. The maximum absolute atomic E-state index is 13.3. The zero-order chi connectivity index (χ0) is 36.9. The van der Waals surface area contributed by atoms with Crippen LogP contribution in [0.5, 0.6) is 0 Å². The second-order valence-corrected chi connectivity index (χ2v) is 12.7. The lowest BCUT2D eigenvalue weighted by Crippen LogP contribution is -2.32. The van der Waals surface area contributed by atoms with Crippen LogP contribution < -0.4 is 22.4 Å². The van der Waals surface area contributed by atoms with Crippen molar-refractivity contribution in [1.82, 2.24) is 23.6 Å². The SMILES string of the molecule is CC(C)(C)OC(=O)NCc1ccc(Cn2c(=O)n(C(F)F)c3ccccc32)cc1.Cl.NCc1ccc(Cn2c(=O)n(C(F)F)c3ccccc32)cc1. The molecule has 0 atom stereocenters. The van der Waals surface area contributed by atoms with Crippen molar-refractivity contribution in [3.05, 3.63) is 140 Å². The number of carbonyl (C=O) groups excluding carboxylic acids is 1. The Bertz CT molecular complexity index is 2240. The monoisotopic (exact) mass is 742 g/mol. The number of benzene rings is 4. The van der Waals surface area contributed by atoms with Gasteiger partial charge < -0.3 is 15.8 Å². The first-order valence-corrected chi connectivity index (χ1v) is 16.1. The molecule has 0 unspecified atom stereocenters. The van der Waals surface area contributed by atoms with Gasteiger partial charge >= 0.3 is 30.6 Å². The van der Waals surface area contributed by atoms with Crippen LogP contribution in [0.2, 0.25) is 0 Å². The van der Waals surface area contributed by atoms with Crippen molar-refractivity contribution in [2.45, 2.75) is 65.7 Å². The number of hydrogen-bond acceptors (Lipinski definition) is 5. The van der Waals surface area contributed by atoms with Crippen molar-refractivity contribution >= 4 is 40.6 Å². The summed E-state index contributed by atoms with van der Waals surface area (Å²) in [6, 6.07) is 27.7. The minimum absolute atomic E-state index is 0. The normalized spacial score (nSPS) is 11.4. The topological polar surface area (TPSA) is 118 Å². The van der Waals surface area contributed by atoms with E-state index < -0.39 is 36.2 Å². The number of nitrogens with one attached hydrogen (secondary N) is 1. The van der Waals surface area contributed by atoms with Gasteiger partial charge in [0, 0.05) is 13.1 Å². The highest BCUT2D eigenvalue weighted by molar-refractivity contribution is 5.85. The molecule has 276 valence electrons. The predicted octanol–water partition coefficient (Wildman–Crippen LogP) is 7.40. The third-order valence-electron chi connectivity index (χ3n) is 7.93. The molecule has 0 saturated carbocycles. The van der Waals surface area contributed by atoms with Gasteiger partial charge in [-0.2, -0.15) is 17.6 Å². The van der Waals surface area contributed by atoms with Crippen LogP contribution in [-0.4, -0.2) is 30.0 Å². The number of alkyl halides is 4. The van der Waals surface area contributed by atoms with E-state index in [0.29, 0.717) is 33.3 Å². The Morgan fingerprint density at radius 1 is 0.654 bits per heavy atom. The molecule has 0 aliphatic rings. The molecule has 0 spiro atoms. The Balaban J connectivity index is 0.000000236. The number of hydrogen-bond donors (Lipinski definition) is 2. The third-order valence-corrected chi connectivity index (χ3v) is 7.93. The van der Waals surface area contributed by atoms with Crippen molar-refractivity contribution < 1.29 is 27.1 Å². The van der Waals surface area contributed by atoms with E-state index in [-0.39, 0.29) is 36.5 Å². The number of nitrogens with two attached hydrogens (primary N) is 1. The van der Waals surface area contributed by atoms with Crippen LogP contribution in [0.25, 0.3) is 22.1 Å². The van der Waals surface area contributed by atoms with Gasteiger partial charge in [-0.1, -0.05) is 72.8 Å². The Morgan fingerprint density at radius 3 is 1.38 bits per heavy atom. The molecule has 0 aliphatic carbocycles. The summed E-state index contributed by atoms with van der Waals surface area (Å²) in [5.74, 6) is 0. The molecule has 4 aromatic carbocycles. The fourth-order valence-electron chi connectivity index (χ4n) is 5.54. The first-order chi connectivity index (χ1) is 24.3. The van der Waals surface area contributed by atoms with E-state index in [4.69, 9.17) is 10.5 Å². The lowest BCUT2D eigenvalue weighted by molar-refractivity contribution is 0.0523. The molecule has 2 aromatic heterocycles. The summed E-state index contributed by atoms with van der Waals surface area (Å²) in [7, 11) is 0. The lowest BCUT2D eigenvalue weighted by atomic mass is 10.1. The van der Waals surface area contributed by atoms with Gasteiger partial charge in [0.2, 0.25) is 0 Å². The van der Waals surface area contributed by atoms with Gasteiger partial charge in [-0.15, -0.1) is 12.4 Å². The molecule has 6 aromatic rings. The molecule has 0 aliphatic heterocycles. The van der Waals surface area contributed by atoms with Crippen LogP contribution in [-0.2, 0) is 30.9 Å². The van der Waals surface area contributed by atoms with E-state index in [2.05, 4.69) is 5.32 Å². The van der Waals surface area contributed by atoms with Crippen LogP contribution in [0.4, 0.5) is 22.4 Å². The maximum atomic E-state index is 13.3. The van der Waals surface area contributed by atoms with Gasteiger partial charge in [-0.05, 0) is 67.3 Å². The minimum atomic E-state index is -2.91. The lowest BCUT2D eigenvalue weighted by Gasteiger charge is -2.19. The molecule has 2 heterocycles. The minimum Gasteiger partial charge on any atom is -0.444 e. The summed E-state index contributed by atoms with van der Waals surface area (Å²) >= 11 is 0. The maximum Gasteiger partial charge on any atom is 0.407 e. The number of ether oxygens (including phenoxy) is 1. The fourth-order valence-corrected chi connectivity index (χ4v) is 5.54. The highest BCUT2D eigenvalue weighted by Crippen LogP contribution is 2.21. The number of nitrogens with zero attached hydrogens (tertiary/aromatic N) is 4. The van der Waals surface area contributed by atoms with E-state index in [0.717, 1.165) is 22.3 Å². The summed E-state index contributed by atoms with van der Waals surface area (Å²) in [6.45, 7) is 0.720. The summed E-state index contributed by atoms with van der Waals surface area (Å²) in [4.78, 5) is 36.5. The van der Waals surface area contributed by atoms with E-state index >= 15 is 0 Å². The van der Waals surface area contributed by atoms with Crippen LogP contribution in [0.1, 0.15) is 56.1 Å². The zero-order valence-corrected chi connectivity index (χ0v) is 29.5. The van der Waals surface area contributed by atoms with Crippen molar-refractivity contribution in [1.29, 1.82) is 0 Å².